The molecule has 2 rings (SSSR count). The van der Waals surface area contributed by atoms with Crippen molar-refractivity contribution < 1.29 is 23.1 Å². The number of sulfonamides is 1. The Labute approximate surface area is 141 Å². The van der Waals surface area contributed by atoms with E-state index in [0.717, 1.165) is 4.31 Å². The van der Waals surface area contributed by atoms with Gasteiger partial charge in [0.15, 0.2) is 0 Å². The number of nitrogens with one attached hydrogen (secondary N) is 2. The van der Waals surface area contributed by atoms with Crippen molar-refractivity contribution in [1.82, 2.24) is 14.9 Å². The standard InChI is InChI=1S/C15H23N3O5S/c1-18(2)24(21,22)14-6-10(4-5-13(14)23-3)15(20)17-8-11-7-16-9-12(11)19/h4-6,11-12,16,19H,7-9H2,1-3H3,(H,17,20). The minimum atomic E-state index is -3.74. The molecular weight excluding hydrogens is 334 g/mol. The summed E-state index contributed by atoms with van der Waals surface area (Å²) >= 11 is 0. The number of methoxy groups -OCH3 is 1. The first-order valence-corrected chi connectivity index (χ1v) is 8.99. The van der Waals surface area contributed by atoms with E-state index < -0.39 is 22.0 Å². The number of β-amino-alcohol motifs (C(OH)–C–C–N with tert-alkyl or cyclic N) is 1. The van der Waals surface area contributed by atoms with Crippen LogP contribution in [0, 0.1) is 5.92 Å². The lowest BCUT2D eigenvalue weighted by Crippen LogP contribution is -2.34. The van der Waals surface area contributed by atoms with Gasteiger partial charge in [-0.25, -0.2) is 12.7 Å². The quantitative estimate of drug-likeness (QED) is 0.619. The number of carbonyl (C=O) groups is 1. The number of aliphatic hydroxyl groups is 1. The molecule has 9 heteroatoms. The van der Waals surface area contributed by atoms with Gasteiger partial charge in [-0.05, 0) is 18.2 Å². The number of rotatable bonds is 6. The normalized spacial score (nSPS) is 21.0. The Balaban J connectivity index is 2.20. The average molecular weight is 357 g/mol. The van der Waals surface area contributed by atoms with Crippen molar-refractivity contribution in [3.8, 4) is 5.75 Å². The summed E-state index contributed by atoms with van der Waals surface area (Å²) in [6.45, 7) is 1.45. The first-order valence-electron chi connectivity index (χ1n) is 7.55. The number of ether oxygens (including phenoxy) is 1. The second-order valence-electron chi connectivity index (χ2n) is 5.85. The molecule has 0 bridgehead atoms. The largest absolute Gasteiger partial charge is 0.495 e. The molecule has 1 aliphatic rings. The van der Waals surface area contributed by atoms with Gasteiger partial charge in [0.05, 0.1) is 13.2 Å². The average Bonchev–Trinajstić information content (AvgIpc) is 2.96. The molecule has 1 fully saturated rings. The Morgan fingerprint density at radius 1 is 1.42 bits per heavy atom. The number of hydrogen-bond acceptors (Lipinski definition) is 6. The highest BCUT2D eigenvalue weighted by Gasteiger charge is 2.26. The monoisotopic (exact) mass is 357 g/mol. The first kappa shape index (κ1) is 18.7. The fourth-order valence-electron chi connectivity index (χ4n) is 2.47. The molecule has 24 heavy (non-hydrogen) atoms. The lowest BCUT2D eigenvalue weighted by Gasteiger charge is -2.17. The topological polar surface area (TPSA) is 108 Å². The van der Waals surface area contributed by atoms with Crippen LogP contribution in [0.2, 0.25) is 0 Å². The van der Waals surface area contributed by atoms with Crippen LogP contribution in [0.1, 0.15) is 10.4 Å². The second-order valence-corrected chi connectivity index (χ2v) is 7.97. The molecule has 1 aromatic carbocycles. The minimum Gasteiger partial charge on any atom is -0.495 e. The summed E-state index contributed by atoms with van der Waals surface area (Å²) in [6, 6.07) is 4.26. The Kier molecular flexibility index (Phi) is 5.81. The number of hydrogen-bond donors (Lipinski definition) is 3. The summed E-state index contributed by atoms with van der Waals surface area (Å²) in [4.78, 5) is 12.2. The van der Waals surface area contributed by atoms with E-state index in [4.69, 9.17) is 4.74 Å². The van der Waals surface area contributed by atoms with E-state index in [-0.39, 0.29) is 22.1 Å². The molecule has 2 atom stereocenters. The number of carbonyl (C=O) groups excluding carboxylic acids is 1. The highest BCUT2D eigenvalue weighted by atomic mass is 32.2. The molecule has 1 aliphatic heterocycles. The van der Waals surface area contributed by atoms with Gasteiger partial charge in [0.2, 0.25) is 10.0 Å². The number of aliphatic hydroxyl groups excluding tert-OH is 1. The van der Waals surface area contributed by atoms with E-state index in [2.05, 4.69) is 10.6 Å². The van der Waals surface area contributed by atoms with Crippen LogP contribution in [-0.2, 0) is 10.0 Å². The Morgan fingerprint density at radius 2 is 2.12 bits per heavy atom. The van der Waals surface area contributed by atoms with Crippen molar-refractivity contribution in [2.24, 2.45) is 5.92 Å². The predicted octanol–water partition coefficient (Wildman–Crippen LogP) is -0.744. The van der Waals surface area contributed by atoms with Gasteiger partial charge in [-0.2, -0.15) is 0 Å². The van der Waals surface area contributed by atoms with E-state index in [1.807, 2.05) is 0 Å². The minimum absolute atomic E-state index is 0.0582. The molecule has 1 aromatic rings. The maximum Gasteiger partial charge on any atom is 0.251 e. The van der Waals surface area contributed by atoms with Gasteiger partial charge in [0.1, 0.15) is 10.6 Å². The molecule has 0 aliphatic carbocycles. The molecule has 8 nitrogen and oxygen atoms in total. The zero-order valence-electron chi connectivity index (χ0n) is 13.9. The van der Waals surface area contributed by atoms with Gasteiger partial charge in [0, 0.05) is 45.2 Å². The number of amides is 1. The van der Waals surface area contributed by atoms with Crippen LogP contribution in [0.15, 0.2) is 23.1 Å². The van der Waals surface area contributed by atoms with Crippen molar-refractivity contribution in [1.29, 1.82) is 0 Å². The first-order chi connectivity index (χ1) is 11.3. The van der Waals surface area contributed by atoms with Gasteiger partial charge in [0.25, 0.3) is 5.91 Å². The summed E-state index contributed by atoms with van der Waals surface area (Å²) in [6.07, 6.45) is -0.495. The fraction of sp³-hybridized carbons (Fsp3) is 0.533. The van der Waals surface area contributed by atoms with E-state index in [1.165, 1.54) is 39.4 Å². The van der Waals surface area contributed by atoms with Crippen molar-refractivity contribution in [3.63, 3.8) is 0 Å². The van der Waals surface area contributed by atoms with Crippen LogP contribution < -0.4 is 15.4 Å². The Morgan fingerprint density at radius 3 is 2.67 bits per heavy atom. The molecule has 1 saturated heterocycles. The smallest absolute Gasteiger partial charge is 0.251 e. The van der Waals surface area contributed by atoms with Gasteiger partial charge in [-0.1, -0.05) is 0 Å². The summed E-state index contributed by atoms with van der Waals surface area (Å²) < 4.78 is 30.9. The van der Waals surface area contributed by atoms with E-state index in [0.29, 0.717) is 19.6 Å². The lowest BCUT2D eigenvalue weighted by atomic mass is 10.1. The van der Waals surface area contributed by atoms with Gasteiger partial charge in [-0.15, -0.1) is 0 Å². The van der Waals surface area contributed by atoms with E-state index in [9.17, 15) is 18.3 Å². The molecule has 1 heterocycles. The third-order valence-electron chi connectivity index (χ3n) is 4.01. The van der Waals surface area contributed by atoms with Crippen LogP contribution in [0.4, 0.5) is 0 Å². The van der Waals surface area contributed by atoms with Crippen LogP contribution in [0.3, 0.4) is 0 Å². The predicted molar refractivity (Wildman–Crippen MR) is 88.6 cm³/mol. The van der Waals surface area contributed by atoms with Crippen molar-refractivity contribution in [2.45, 2.75) is 11.0 Å². The summed E-state index contributed by atoms with van der Waals surface area (Å²) in [5.41, 5.74) is 0.219. The van der Waals surface area contributed by atoms with E-state index in [1.54, 1.807) is 0 Å². The lowest BCUT2D eigenvalue weighted by molar-refractivity contribution is 0.0927. The zero-order chi connectivity index (χ0) is 17.9. The van der Waals surface area contributed by atoms with Crippen LogP contribution in [-0.4, -0.2) is 70.7 Å². The Bertz CT molecular complexity index is 705. The van der Waals surface area contributed by atoms with Gasteiger partial charge < -0.3 is 20.5 Å². The van der Waals surface area contributed by atoms with Gasteiger partial charge >= 0.3 is 0 Å². The molecule has 0 aromatic heterocycles. The zero-order valence-corrected chi connectivity index (χ0v) is 14.8. The molecule has 2 unspecified atom stereocenters. The highest BCUT2D eigenvalue weighted by Crippen LogP contribution is 2.26. The summed E-state index contributed by atoms with van der Waals surface area (Å²) in [5.74, 6) is -0.278. The molecule has 0 radical (unpaired) electrons. The molecule has 134 valence electrons. The highest BCUT2D eigenvalue weighted by molar-refractivity contribution is 7.89. The number of benzene rings is 1. The summed E-state index contributed by atoms with van der Waals surface area (Å²) in [7, 11) is 0.462. The Hall–Kier alpha value is -1.68. The van der Waals surface area contributed by atoms with Crippen LogP contribution >= 0.6 is 0 Å². The third kappa shape index (κ3) is 3.86. The molecule has 3 N–H and O–H groups in total. The van der Waals surface area contributed by atoms with Crippen molar-refractivity contribution in [3.05, 3.63) is 23.8 Å². The van der Waals surface area contributed by atoms with E-state index >= 15 is 0 Å². The van der Waals surface area contributed by atoms with Crippen LogP contribution in [0.25, 0.3) is 0 Å². The van der Waals surface area contributed by atoms with Crippen molar-refractivity contribution >= 4 is 15.9 Å². The molecule has 1 amide bonds. The van der Waals surface area contributed by atoms with Crippen LogP contribution in [0.5, 0.6) is 5.75 Å². The third-order valence-corrected chi connectivity index (χ3v) is 5.85. The maximum absolute atomic E-state index is 12.4. The molecule has 0 spiro atoms. The fourth-order valence-corrected chi connectivity index (χ4v) is 3.54. The molecule has 0 saturated carbocycles. The van der Waals surface area contributed by atoms with Gasteiger partial charge in [-0.3, -0.25) is 4.79 Å². The maximum atomic E-state index is 12.4. The number of nitrogens with zero attached hydrogens (tertiary/aromatic N) is 1. The SMILES string of the molecule is COc1ccc(C(=O)NCC2CNCC2O)cc1S(=O)(=O)N(C)C. The van der Waals surface area contributed by atoms with Crippen molar-refractivity contribution in [2.75, 3.05) is 40.8 Å². The summed E-state index contributed by atoms with van der Waals surface area (Å²) in [5, 5.41) is 15.5. The second kappa shape index (κ2) is 7.47. The molecular formula is C15H23N3O5S.